The summed E-state index contributed by atoms with van der Waals surface area (Å²) in [5.41, 5.74) is 2.02. The monoisotopic (exact) mass is 234 g/mol. The van der Waals surface area contributed by atoms with Crippen molar-refractivity contribution in [3.8, 4) is 0 Å². The molecule has 0 atom stereocenters. The summed E-state index contributed by atoms with van der Waals surface area (Å²) in [7, 11) is 1.68. The van der Waals surface area contributed by atoms with Crippen molar-refractivity contribution in [3.63, 3.8) is 0 Å². The number of anilines is 2. The summed E-state index contributed by atoms with van der Waals surface area (Å²) < 4.78 is 5.03. The minimum absolute atomic E-state index is 0.179. The second-order valence-electron chi connectivity index (χ2n) is 4.09. The Kier molecular flexibility index (Phi) is 3.98. The lowest BCUT2D eigenvalue weighted by Crippen LogP contribution is -2.31. The van der Waals surface area contributed by atoms with Gasteiger partial charge in [-0.3, -0.25) is 4.79 Å². The third-order valence-corrected chi connectivity index (χ3v) is 2.88. The predicted molar refractivity (Wildman–Crippen MR) is 68.4 cm³/mol. The van der Waals surface area contributed by atoms with Crippen LogP contribution in [0.1, 0.15) is 12.8 Å². The van der Waals surface area contributed by atoms with E-state index in [1.54, 1.807) is 7.11 Å². The van der Waals surface area contributed by atoms with Gasteiger partial charge in [-0.05, 0) is 18.6 Å². The van der Waals surface area contributed by atoms with Crippen molar-refractivity contribution in [1.29, 1.82) is 0 Å². The smallest absolute Gasteiger partial charge is 0.228 e. The number of amides is 1. The van der Waals surface area contributed by atoms with Gasteiger partial charge < -0.3 is 15.0 Å². The molecule has 0 spiro atoms. The zero-order valence-corrected chi connectivity index (χ0v) is 10.1. The van der Waals surface area contributed by atoms with Crippen molar-refractivity contribution in [3.05, 3.63) is 24.3 Å². The van der Waals surface area contributed by atoms with Crippen molar-refractivity contribution in [2.45, 2.75) is 12.8 Å². The van der Waals surface area contributed by atoms with Crippen molar-refractivity contribution in [1.82, 2.24) is 0 Å². The Morgan fingerprint density at radius 3 is 3.06 bits per heavy atom. The lowest BCUT2D eigenvalue weighted by Gasteiger charge is -2.22. The van der Waals surface area contributed by atoms with E-state index in [0.717, 1.165) is 17.8 Å². The van der Waals surface area contributed by atoms with Crippen LogP contribution in [-0.4, -0.2) is 32.7 Å². The Balaban J connectivity index is 2.18. The van der Waals surface area contributed by atoms with E-state index in [2.05, 4.69) is 5.32 Å². The molecule has 0 unspecified atom stereocenters. The Morgan fingerprint density at radius 1 is 1.41 bits per heavy atom. The summed E-state index contributed by atoms with van der Waals surface area (Å²) in [5.74, 6) is 0.179. The summed E-state index contributed by atoms with van der Waals surface area (Å²) in [4.78, 5) is 13.9. The molecule has 0 bridgehead atoms. The minimum atomic E-state index is 0.179. The van der Waals surface area contributed by atoms with E-state index in [9.17, 15) is 4.79 Å². The van der Waals surface area contributed by atoms with Gasteiger partial charge in [-0.1, -0.05) is 12.1 Å². The highest BCUT2D eigenvalue weighted by atomic mass is 16.5. The van der Waals surface area contributed by atoms with E-state index in [-0.39, 0.29) is 5.91 Å². The van der Waals surface area contributed by atoms with E-state index in [4.69, 9.17) is 4.74 Å². The van der Waals surface area contributed by atoms with Gasteiger partial charge in [0, 0.05) is 33.2 Å². The highest BCUT2D eigenvalue weighted by Gasteiger charge is 2.20. The molecule has 0 saturated carbocycles. The van der Waals surface area contributed by atoms with Gasteiger partial charge in [0.2, 0.25) is 5.91 Å². The number of nitrogens with one attached hydrogen (secondary N) is 1. The van der Waals surface area contributed by atoms with Gasteiger partial charge in [0.1, 0.15) is 0 Å². The molecule has 0 saturated heterocycles. The van der Waals surface area contributed by atoms with E-state index >= 15 is 0 Å². The van der Waals surface area contributed by atoms with Crippen LogP contribution >= 0.6 is 0 Å². The zero-order chi connectivity index (χ0) is 12.1. The van der Waals surface area contributed by atoms with Crippen LogP contribution in [0.2, 0.25) is 0 Å². The van der Waals surface area contributed by atoms with Gasteiger partial charge in [-0.2, -0.15) is 0 Å². The zero-order valence-electron chi connectivity index (χ0n) is 10.1. The number of benzene rings is 1. The molecule has 1 aliphatic rings. The highest BCUT2D eigenvalue weighted by Crippen LogP contribution is 2.28. The number of ether oxygens (including phenoxy) is 1. The molecule has 0 radical (unpaired) electrons. The summed E-state index contributed by atoms with van der Waals surface area (Å²) in [5, 5.41) is 3.28. The number of hydrogen-bond donors (Lipinski definition) is 1. The molecule has 1 N–H and O–H groups in total. The standard InChI is InChI=1S/C13H18N2O2/c1-17-10-4-9-15-12-6-3-2-5-11(12)14-8-7-13(15)16/h2-3,5-6,14H,4,7-10H2,1H3. The van der Waals surface area contributed by atoms with Crippen molar-refractivity contribution >= 4 is 17.3 Å². The van der Waals surface area contributed by atoms with Crippen LogP contribution in [0, 0.1) is 0 Å². The molecule has 1 aromatic carbocycles. The fraction of sp³-hybridized carbons (Fsp3) is 0.462. The number of hydrogen-bond acceptors (Lipinski definition) is 3. The van der Waals surface area contributed by atoms with Gasteiger partial charge in [0.05, 0.1) is 11.4 Å². The summed E-state index contributed by atoms with van der Waals surface area (Å²) in [6.45, 7) is 2.10. The molecule has 0 aromatic heterocycles. The molecule has 1 aliphatic heterocycles. The van der Waals surface area contributed by atoms with Gasteiger partial charge in [0.25, 0.3) is 0 Å². The molecule has 92 valence electrons. The Bertz CT molecular complexity index is 393. The Labute approximate surface area is 102 Å². The maximum absolute atomic E-state index is 12.0. The van der Waals surface area contributed by atoms with Crippen LogP contribution in [-0.2, 0) is 9.53 Å². The molecule has 1 aromatic rings. The Hall–Kier alpha value is -1.55. The summed E-state index contributed by atoms with van der Waals surface area (Å²) in [6, 6.07) is 7.94. The molecule has 0 aliphatic carbocycles. The molecule has 1 amide bonds. The third-order valence-electron chi connectivity index (χ3n) is 2.88. The Morgan fingerprint density at radius 2 is 2.24 bits per heavy atom. The topological polar surface area (TPSA) is 41.6 Å². The molecule has 17 heavy (non-hydrogen) atoms. The molecule has 4 nitrogen and oxygen atoms in total. The second kappa shape index (κ2) is 5.68. The quantitative estimate of drug-likeness (QED) is 0.809. The normalized spacial score (nSPS) is 15.1. The predicted octanol–water partition coefficient (Wildman–Crippen LogP) is 1.87. The van der Waals surface area contributed by atoms with Crippen LogP contribution < -0.4 is 10.2 Å². The fourth-order valence-electron chi connectivity index (χ4n) is 2.04. The number of carbonyl (C=O) groups excluding carboxylic acids is 1. The van der Waals surface area contributed by atoms with E-state index in [1.807, 2.05) is 29.2 Å². The van der Waals surface area contributed by atoms with Gasteiger partial charge in [0.15, 0.2) is 0 Å². The van der Waals surface area contributed by atoms with Gasteiger partial charge in [-0.25, -0.2) is 0 Å². The van der Waals surface area contributed by atoms with E-state index in [1.165, 1.54) is 0 Å². The summed E-state index contributed by atoms with van der Waals surface area (Å²) >= 11 is 0. The van der Waals surface area contributed by atoms with E-state index in [0.29, 0.717) is 26.1 Å². The largest absolute Gasteiger partial charge is 0.385 e. The number of fused-ring (bicyclic) bond motifs is 1. The maximum Gasteiger partial charge on any atom is 0.228 e. The van der Waals surface area contributed by atoms with Crippen molar-refractivity contribution in [2.75, 3.05) is 37.0 Å². The number of rotatable bonds is 4. The van der Waals surface area contributed by atoms with Crippen LogP contribution in [0.4, 0.5) is 11.4 Å². The van der Waals surface area contributed by atoms with Crippen LogP contribution in [0.5, 0.6) is 0 Å². The van der Waals surface area contributed by atoms with Crippen LogP contribution in [0.3, 0.4) is 0 Å². The highest BCUT2D eigenvalue weighted by molar-refractivity contribution is 5.98. The van der Waals surface area contributed by atoms with Gasteiger partial charge in [-0.15, -0.1) is 0 Å². The molecule has 2 rings (SSSR count). The van der Waals surface area contributed by atoms with Crippen LogP contribution in [0.25, 0.3) is 0 Å². The van der Waals surface area contributed by atoms with Crippen LogP contribution in [0.15, 0.2) is 24.3 Å². The lowest BCUT2D eigenvalue weighted by molar-refractivity contribution is -0.118. The SMILES string of the molecule is COCCCN1C(=O)CCNc2ccccc21. The molecular weight excluding hydrogens is 216 g/mol. The summed E-state index contributed by atoms with van der Waals surface area (Å²) in [6.07, 6.45) is 1.40. The lowest BCUT2D eigenvalue weighted by atomic mass is 10.2. The molecular formula is C13H18N2O2. The average Bonchev–Trinajstić information content (AvgIpc) is 2.50. The first-order valence-corrected chi connectivity index (χ1v) is 5.95. The first kappa shape index (κ1) is 11.9. The first-order valence-electron chi connectivity index (χ1n) is 5.95. The first-order chi connectivity index (χ1) is 8.33. The number of nitrogens with zero attached hydrogens (tertiary/aromatic N) is 1. The average molecular weight is 234 g/mol. The molecule has 0 fully saturated rings. The maximum atomic E-state index is 12.0. The molecule has 1 heterocycles. The van der Waals surface area contributed by atoms with E-state index < -0.39 is 0 Å². The van der Waals surface area contributed by atoms with Gasteiger partial charge >= 0.3 is 0 Å². The third kappa shape index (κ3) is 2.77. The number of methoxy groups -OCH3 is 1. The minimum Gasteiger partial charge on any atom is -0.385 e. The molecule has 4 heteroatoms. The fourth-order valence-corrected chi connectivity index (χ4v) is 2.04. The van der Waals surface area contributed by atoms with Crippen molar-refractivity contribution in [2.24, 2.45) is 0 Å². The number of para-hydroxylation sites is 2. The second-order valence-corrected chi connectivity index (χ2v) is 4.09. The van der Waals surface area contributed by atoms with Crippen molar-refractivity contribution < 1.29 is 9.53 Å². The number of carbonyl (C=O) groups is 1.